The summed E-state index contributed by atoms with van der Waals surface area (Å²) in [5.74, 6) is 1.73. The molecule has 3 heterocycles. The summed E-state index contributed by atoms with van der Waals surface area (Å²) in [5.41, 5.74) is 1.19. The minimum atomic E-state index is 0.313. The Morgan fingerprint density at radius 3 is 3.00 bits per heavy atom. The molecule has 0 unspecified atom stereocenters. The average molecular weight is 314 g/mol. The Balaban J connectivity index is 2.16. The summed E-state index contributed by atoms with van der Waals surface area (Å²) in [6, 6.07) is 0.313. The molecular formula is C10H12BrN5S. The average Bonchev–Trinajstić information content (AvgIpc) is 2.84. The number of rotatable bonds is 1. The van der Waals surface area contributed by atoms with Crippen LogP contribution in [0.1, 0.15) is 24.5 Å². The first-order valence-corrected chi connectivity index (χ1v) is 7.03. The lowest BCUT2D eigenvalue weighted by Gasteiger charge is -2.23. The first-order chi connectivity index (χ1) is 8.16. The van der Waals surface area contributed by atoms with E-state index in [1.165, 1.54) is 17.2 Å². The van der Waals surface area contributed by atoms with Crippen LogP contribution in [-0.4, -0.2) is 25.5 Å². The third-order valence-corrected chi connectivity index (χ3v) is 4.26. The Hall–Kier alpha value is -0.790. The molecule has 1 aliphatic rings. The van der Waals surface area contributed by atoms with Crippen molar-refractivity contribution in [2.24, 2.45) is 0 Å². The Morgan fingerprint density at radius 2 is 2.29 bits per heavy atom. The Morgan fingerprint density at radius 1 is 1.47 bits per heavy atom. The van der Waals surface area contributed by atoms with E-state index in [0.29, 0.717) is 6.04 Å². The zero-order valence-electron chi connectivity index (χ0n) is 9.57. The third-order valence-electron chi connectivity index (χ3n) is 2.88. The van der Waals surface area contributed by atoms with Gasteiger partial charge in [-0.1, -0.05) is 0 Å². The molecule has 3 rings (SSSR count). The Bertz CT molecular complexity index is 561. The maximum absolute atomic E-state index is 4.57. The summed E-state index contributed by atoms with van der Waals surface area (Å²) in [7, 11) is 0. The number of nitrogens with zero attached hydrogens (tertiary/aromatic N) is 4. The van der Waals surface area contributed by atoms with Gasteiger partial charge in [0.15, 0.2) is 10.8 Å². The zero-order valence-corrected chi connectivity index (χ0v) is 12.0. The molecule has 17 heavy (non-hydrogen) atoms. The van der Waals surface area contributed by atoms with E-state index in [0.717, 1.165) is 34.3 Å². The van der Waals surface area contributed by atoms with Crippen LogP contribution in [0.5, 0.6) is 0 Å². The van der Waals surface area contributed by atoms with Gasteiger partial charge in [-0.05, 0) is 41.3 Å². The van der Waals surface area contributed by atoms with Gasteiger partial charge in [0.25, 0.3) is 0 Å². The van der Waals surface area contributed by atoms with Crippen molar-refractivity contribution >= 4 is 27.5 Å². The van der Waals surface area contributed by atoms with Gasteiger partial charge < -0.3 is 9.88 Å². The van der Waals surface area contributed by atoms with Gasteiger partial charge in [-0.2, -0.15) is 4.37 Å². The Kier molecular flexibility index (Phi) is 2.76. The summed E-state index contributed by atoms with van der Waals surface area (Å²) in [4.78, 5) is 8.98. The molecule has 0 spiro atoms. The molecule has 7 heteroatoms. The first kappa shape index (κ1) is 11.3. The fourth-order valence-electron chi connectivity index (χ4n) is 2.12. The van der Waals surface area contributed by atoms with Gasteiger partial charge >= 0.3 is 0 Å². The standard InChI is InChI=1S/C10H12BrN5S/c1-5-7-8(11)14-9(16(7)4-3-12-5)10-13-6(2)15-17-10/h5,12H,3-4H2,1-2H3/t5-/m1/s1. The van der Waals surface area contributed by atoms with Crippen LogP contribution in [0.15, 0.2) is 4.60 Å². The van der Waals surface area contributed by atoms with E-state index in [-0.39, 0.29) is 0 Å². The lowest BCUT2D eigenvalue weighted by molar-refractivity contribution is 0.449. The van der Waals surface area contributed by atoms with Crippen LogP contribution in [0.3, 0.4) is 0 Å². The monoisotopic (exact) mass is 313 g/mol. The molecule has 0 aliphatic carbocycles. The summed E-state index contributed by atoms with van der Waals surface area (Å²) in [5, 5.41) is 4.32. The molecule has 5 nitrogen and oxygen atoms in total. The SMILES string of the molecule is Cc1nsc(-c2nc(Br)c3n2CCN[C@@H]3C)n1. The largest absolute Gasteiger partial charge is 0.322 e. The van der Waals surface area contributed by atoms with Crippen LogP contribution in [-0.2, 0) is 6.54 Å². The highest BCUT2D eigenvalue weighted by molar-refractivity contribution is 9.10. The van der Waals surface area contributed by atoms with Gasteiger partial charge in [0.2, 0.25) is 0 Å². The molecule has 0 aromatic carbocycles. The number of halogens is 1. The predicted octanol–water partition coefficient (Wildman–Crippen LogP) is 2.14. The minimum Gasteiger partial charge on any atom is -0.322 e. The highest BCUT2D eigenvalue weighted by Gasteiger charge is 2.25. The maximum Gasteiger partial charge on any atom is 0.179 e. The molecule has 0 fully saturated rings. The van der Waals surface area contributed by atoms with Gasteiger partial charge in [0.1, 0.15) is 10.4 Å². The molecule has 1 atom stereocenters. The summed E-state index contributed by atoms with van der Waals surface area (Å²) in [6.45, 7) is 5.93. The number of fused-ring (bicyclic) bond motifs is 1. The van der Waals surface area contributed by atoms with E-state index in [2.05, 4.69) is 47.1 Å². The van der Waals surface area contributed by atoms with Crippen molar-refractivity contribution in [3.8, 4) is 10.8 Å². The van der Waals surface area contributed by atoms with Gasteiger partial charge in [-0.25, -0.2) is 9.97 Å². The first-order valence-electron chi connectivity index (χ1n) is 5.47. The number of aromatic nitrogens is 4. The van der Waals surface area contributed by atoms with Crippen molar-refractivity contribution in [2.75, 3.05) is 6.54 Å². The summed E-state index contributed by atoms with van der Waals surface area (Å²) < 4.78 is 7.35. The fourth-order valence-corrected chi connectivity index (χ4v) is 3.51. The van der Waals surface area contributed by atoms with Gasteiger partial charge in [-0.15, -0.1) is 0 Å². The van der Waals surface area contributed by atoms with Crippen molar-refractivity contribution < 1.29 is 0 Å². The molecule has 90 valence electrons. The molecule has 0 saturated carbocycles. The number of imidazole rings is 1. The van der Waals surface area contributed by atoms with Crippen LogP contribution in [0.25, 0.3) is 10.8 Å². The molecule has 1 N–H and O–H groups in total. The van der Waals surface area contributed by atoms with Crippen molar-refractivity contribution in [1.82, 2.24) is 24.2 Å². The van der Waals surface area contributed by atoms with Gasteiger partial charge in [0.05, 0.1) is 5.69 Å². The molecule has 0 radical (unpaired) electrons. The molecule has 2 aromatic rings. The molecule has 0 bridgehead atoms. The third kappa shape index (κ3) is 1.82. The minimum absolute atomic E-state index is 0.313. The molecule has 2 aromatic heterocycles. The van der Waals surface area contributed by atoms with E-state index in [4.69, 9.17) is 0 Å². The van der Waals surface area contributed by atoms with Crippen LogP contribution in [0, 0.1) is 6.92 Å². The van der Waals surface area contributed by atoms with Crippen LogP contribution in [0.4, 0.5) is 0 Å². The highest BCUT2D eigenvalue weighted by Crippen LogP contribution is 2.32. The van der Waals surface area contributed by atoms with Crippen molar-refractivity contribution in [2.45, 2.75) is 26.4 Å². The second-order valence-electron chi connectivity index (χ2n) is 4.09. The smallest absolute Gasteiger partial charge is 0.179 e. The number of nitrogens with one attached hydrogen (secondary N) is 1. The van der Waals surface area contributed by atoms with E-state index in [9.17, 15) is 0 Å². The maximum atomic E-state index is 4.57. The number of hydrogen-bond acceptors (Lipinski definition) is 5. The van der Waals surface area contributed by atoms with Crippen molar-refractivity contribution in [1.29, 1.82) is 0 Å². The molecule has 1 aliphatic heterocycles. The predicted molar refractivity (Wildman–Crippen MR) is 70.0 cm³/mol. The fraction of sp³-hybridized carbons (Fsp3) is 0.500. The van der Waals surface area contributed by atoms with E-state index in [1.807, 2.05) is 6.92 Å². The quantitative estimate of drug-likeness (QED) is 0.876. The molecule has 0 saturated heterocycles. The lowest BCUT2D eigenvalue weighted by atomic mass is 10.2. The second kappa shape index (κ2) is 4.15. The van der Waals surface area contributed by atoms with Gasteiger partial charge in [0, 0.05) is 19.1 Å². The van der Waals surface area contributed by atoms with Crippen molar-refractivity contribution in [3.05, 3.63) is 16.1 Å². The summed E-state index contributed by atoms with van der Waals surface area (Å²) >= 11 is 4.94. The number of aryl methyl sites for hydroxylation is 1. The zero-order chi connectivity index (χ0) is 12.0. The van der Waals surface area contributed by atoms with E-state index < -0.39 is 0 Å². The normalized spacial score (nSPS) is 19.4. The van der Waals surface area contributed by atoms with E-state index >= 15 is 0 Å². The van der Waals surface area contributed by atoms with Gasteiger partial charge in [-0.3, -0.25) is 0 Å². The topological polar surface area (TPSA) is 55.6 Å². The molecule has 0 amide bonds. The summed E-state index contributed by atoms with van der Waals surface area (Å²) in [6.07, 6.45) is 0. The van der Waals surface area contributed by atoms with Crippen LogP contribution >= 0.6 is 27.5 Å². The van der Waals surface area contributed by atoms with Crippen LogP contribution < -0.4 is 5.32 Å². The lowest BCUT2D eigenvalue weighted by Crippen LogP contribution is -2.31. The van der Waals surface area contributed by atoms with E-state index in [1.54, 1.807) is 0 Å². The van der Waals surface area contributed by atoms with Crippen molar-refractivity contribution in [3.63, 3.8) is 0 Å². The van der Waals surface area contributed by atoms with Crippen LogP contribution in [0.2, 0.25) is 0 Å². The highest BCUT2D eigenvalue weighted by atomic mass is 79.9. The Labute approximate surface area is 112 Å². The number of hydrogen-bond donors (Lipinski definition) is 1. The second-order valence-corrected chi connectivity index (χ2v) is 5.59. The molecular weight excluding hydrogens is 302 g/mol.